The lowest BCUT2D eigenvalue weighted by Gasteiger charge is -2.26. The predicted octanol–water partition coefficient (Wildman–Crippen LogP) is 6.34. The van der Waals surface area contributed by atoms with Crippen LogP contribution < -0.4 is 15.0 Å². The van der Waals surface area contributed by atoms with Gasteiger partial charge in [-0.05, 0) is 87.0 Å². The van der Waals surface area contributed by atoms with Gasteiger partial charge in [0.05, 0.1) is 9.26 Å². The van der Waals surface area contributed by atoms with Gasteiger partial charge in [-0.2, -0.15) is 0 Å². The molecule has 6 nitrogen and oxygen atoms in total. The molecule has 178 valence electrons. The van der Waals surface area contributed by atoms with Gasteiger partial charge in [-0.1, -0.05) is 60.1 Å². The molecule has 0 radical (unpaired) electrons. The maximum Gasteiger partial charge on any atom is 0.335 e. The summed E-state index contributed by atoms with van der Waals surface area (Å²) in [6.07, 6.45) is 1.46. The molecule has 1 fully saturated rings. The number of urea groups is 1. The Morgan fingerprint density at radius 3 is 2.44 bits per heavy atom. The van der Waals surface area contributed by atoms with Crippen molar-refractivity contribution >= 4 is 74.6 Å². The summed E-state index contributed by atoms with van der Waals surface area (Å²) in [5, 5.41) is 4.97. The molecule has 36 heavy (non-hydrogen) atoms. The first-order valence-electron chi connectivity index (χ1n) is 11.0. The van der Waals surface area contributed by atoms with E-state index in [4.69, 9.17) is 16.3 Å². The van der Waals surface area contributed by atoms with E-state index in [1.165, 1.54) is 18.2 Å². The largest absolute Gasteiger partial charge is 0.488 e. The molecule has 8 heteroatoms. The van der Waals surface area contributed by atoms with E-state index in [9.17, 15) is 14.4 Å². The van der Waals surface area contributed by atoms with Crippen molar-refractivity contribution in [1.29, 1.82) is 0 Å². The zero-order valence-electron chi connectivity index (χ0n) is 18.7. The maximum atomic E-state index is 13.1. The second-order valence-electron chi connectivity index (χ2n) is 8.05. The molecule has 0 saturated carbocycles. The number of barbiturate groups is 1. The van der Waals surface area contributed by atoms with Crippen molar-refractivity contribution in [3.8, 4) is 5.75 Å². The Bertz CT molecular complexity index is 1540. The number of imide groups is 2. The highest BCUT2D eigenvalue weighted by molar-refractivity contribution is 14.1. The van der Waals surface area contributed by atoms with Crippen LogP contribution in [0.2, 0.25) is 5.02 Å². The van der Waals surface area contributed by atoms with Crippen molar-refractivity contribution in [1.82, 2.24) is 5.32 Å². The van der Waals surface area contributed by atoms with E-state index in [0.717, 1.165) is 24.8 Å². The van der Waals surface area contributed by atoms with E-state index < -0.39 is 17.8 Å². The number of nitrogens with one attached hydrogen (secondary N) is 1. The SMILES string of the molecule is O=C1NC(=O)N(c2ccc(Cl)cc2)C(=O)/C1=C/c1ccc(OCc2cccc3ccccc23)c(I)c1. The lowest BCUT2D eigenvalue weighted by molar-refractivity contribution is -0.122. The molecule has 0 aromatic heterocycles. The summed E-state index contributed by atoms with van der Waals surface area (Å²) in [6.45, 7) is 0.400. The number of carbonyl (C=O) groups excluding carboxylic acids is 3. The third kappa shape index (κ3) is 4.84. The van der Waals surface area contributed by atoms with Gasteiger partial charge in [0.1, 0.15) is 17.9 Å². The minimum Gasteiger partial charge on any atom is -0.488 e. The molecule has 1 saturated heterocycles. The van der Waals surface area contributed by atoms with E-state index in [1.807, 2.05) is 30.3 Å². The quantitative estimate of drug-likeness (QED) is 0.163. The zero-order chi connectivity index (χ0) is 25.2. The highest BCUT2D eigenvalue weighted by Crippen LogP contribution is 2.28. The Labute approximate surface area is 225 Å². The maximum absolute atomic E-state index is 13.1. The third-order valence-electron chi connectivity index (χ3n) is 5.72. The number of hydrogen-bond acceptors (Lipinski definition) is 4. The zero-order valence-corrected chi connectivity index (χ0v) is 21.6. The van der Waals surface area contributed by atoms with Crippen LogP contribution >= 0.6 is 34.2 Å². The van der Waals surface area contributed by atoms with Crippen molar-refractivity contribution < 1.29 is 19.1 Å². The molecule has 1 N–H and O–H groups in total. The molecule has 4 aromatic carbocycles. The summed E-state index contributed by atoms with van der Waals surface area (Å²) in [4.78, 5) is 38.8. The predicted molar refractivity (Wildman–Crippen MR) is 148 cm³/mol. The number of halogens is 2. The molecule has 1 heterocycles. The van der Waals surface area contributed by atoms with Gasteiger partial charge in [-0.15, -0.1) is 0 Å². The molecule has 4 aromatic rings. The van der Waals surface area contributed by atoms with Gasteiger partial charge >= 0.3 is 6.03 Å². The number of anilines is 1. The molecule has 0 bridgehead atoms. The standard InChI is InChI=1S/C28H18ClIN2O4/c29-20-9-11-21(12-10-20)32-27(34)23(26(33)31-28(32)35)14-17-8-13-25(24(30)15-17)36-16-19-6-3-5-18-4-1-2-7-22(18)19/h1-15H,16H2,(H,31,33,35)/b23-14+. The molecule has 1 aliphatic heterocycles. The van der Waals surface area contributed by atoms with Crippen LogP contribution in [0.5, 0.6) is 5.75 Å². The summed E-state index contributed by atoms with van der Waals surface area (Å²) in [7, 11) is 0. The molecule has 5 rings (SSSR count). The first-order valence-corrected chi connectivity index (χ1v) is 12.4. The first kappa shape index (κ1) is 24.0. The lowest BCUT2D eigenvalue weighted by Crippen LogP contribution is -2.54. The third-order valence-corrected chi connectivity index (χ3v) is 6.81. The van der Waals surface area contributed by atoms with Crippen LogP contribution in [-0.4, -0.2) is 17.8 Å². The van der Waals surface area contributed by atoms with Crippen LogP contribution in [-0.2, 0) is 16.2 Å². The topological polar surface area (TPSA) is 75.7 Å². The van der Waals surface area contributed by atoms with Gasteiger partial charge < -0.3 is 4.74 Å². The van der Waals surface area contributed by atoms with Gasteiger partial charge in [-0.3, -0.25) is 14.9 Å². The summed E-state index contributed by atoms with van der Waals surface area (Å²) in [5.74, 6) is -0.776. The number of carbonyl (C=O) groups is 3. The number of amides is 4. The van der Waals surface area contributed by atoms with Gasteiger partial charge in [0.2, 0.25) is 0 Å². The number of rotatable bonds is 5. The minimum atomic E-state index is -0.809. The Hall–Kier alpha value is -3.69. The van der Waals surface area contributed by atoms with Crippen LogP contribution in [0.25, 0.3) is 16.8 Å². The molecule has 0 unspecified atom stereocenters. The molecule has 1 aliphatic rings. The number of ether oxygens (including phenoxy) is 1. The monoisotopic (exact) mass is 608 g/mol. The fourth-order valence-electron chi connectivity index (χ4n) is 3.95. The van der Waals surface area contributed by atoms with E-state index in [2.05, 4.69) is 46.1 Å². The molecule has 0 spiro atoms. The van der Waals surface area contributed by atoms with E-state index >= 15 is 0 Å². The van der Waals surface area contributed by atoms with Crippen molar-refractivity contribution in [2.24, 2.45) is 0 Å². The number of benzene rings is 4. The first-order chi connectivity index (χ1) is 17.4. The summed E-state index contributed by atoms with van der Waals surface area (Å²) >= 11 is 8.07. The fraction of sp³-hybridized carbons (Fsp3) is 0.0357. The van der Waals surface area contributed by atoms with E-state index in [1.54, 1.807) is 24.3 Å². The Balaban J connectivity index is 1.37. The van der Waals surface area contributed by atoms with Crippen LogP contribution in [0, 0.1) is 3.57 Å². The van der Waals surface area contributed by atoms with Crippen molar-refractivity contribution in [3.63, 3.8) is 0 Å². The normalized spacial score (nSPS) is 14.9. The highest BCUT2D eigenvalue weighted by atomic mass is 127. The molecular formula is C28H18ClIN2O4. The van der Waals surface area contributed by atoms with Gasteiger partial charge in [-0.25, -0.2) is 9.69 Å². The van der Waals surface area contributed by atoms with Crippen LogP contribution in [0.3, 0.4) is 0 Å². The highest BCUT2D eigenvalue weighted by Gasteiger charge is 2.36. The van der Waals surface area contributed by atoms with E-state index in [0.29, 0.717) is 28.6 Å². The van der Waals surface area contributed by atoms with Gasteiger partial charge in [0, 0.05) is 5.02 Å². The average molecular weight is 609 g/mol. The Morgan fingerprint density at radius 1 is 0.917 bits per heavy atom. The number of nitrogens with zero attached hydrogens (tertiary/aromatic N) is 1. The number of hydrogen-bond donors (Lipinski definition) is 1. The molecule has 4 amide bonds. The van der Waals surface area contributed by atoms with Crippen molar-refractivity contribution in [2.75, 3.05) is 4.90 Å². The number of fused-ring (bicyclic) bond motifs is 1. The summed E-state index contributed by atoms with van der Waals surface area (Å²) < 4.78 is 6.89. The molecular weight excluding hydrogens is 591 g/mol. The van der Waals surface area contributed by atoms with Gasteiger partial charge in [0.15, 0.2) is 0 Å². The van der Waals surface area contributed by atoms with Crippen LogP contribution in [0.1, 0.15) is 11.1 Å². The summed E-state index contributed by atoms with van der Waals surface area (Å²) in [6, 6.07) is 25.0. The van der Waals surface area contributed by atoms with Crippen molar-refractivity contribution in [3.05, 3.63) is 110 Å². The minimum absolute atomic E-state index is 0.148. The second kappa shape index (κ2) is 10.1. The second-order valence-corrected chi connectivity index (χ2v) is 9.65. The fourth-order valence-corrected chi connectivity index (χ4v) is 4.77. The van der Waals surface area contributed by atoms with Crippen molar-refractivity contribution in [2.45, 2.75) is 6.61 Å². The summed E-state index contributed by atoms with van der Waals surface area (Å²) in [5.41, 5.74) is 1.86. The van der Waals surface area contributed by atoms with E-state index in [-0.39, 0.29) is 5.57 Å². The molecule has 0 aliphatic carbocycles. The Morgan fingerprint density at radius 2 is 1.67 bits per heavy atom. The van der Waals surface area contributed by atoms with Gasteiger partial charge in [0.25, 0.3) is 11.8 Å². The lowest BCUT2D eigenvalue weighted by atomic mass is 10.1. The van der Waals surface area contributed by atoms with Crippen LogP contribution in [0.15, 0.2) is 90.5 Å². The van der Waals surface area contributed by atoms with Crippen LogP contribution in [0.4, 0.5) is 10.5 Å². The average Bonchev–Trinajstić information content (AvgIpc) is 2.87. The molecule has 0 atom stereocenters. The smallest absolute Gasteiger partial charge is 0.335 e. The Kier molecular flexibility index (Phi) is 6.75.